The SMILES string of the molecule is CCc1ccc(S(=O)(=O)N2CCN(Cc3ccccc3C)CC2)cc1. The number of benzene rings is 2. The quantitative estimate of drug-likeness (QED) is 0.825. The van der Waals surface area contributed by atoms with E-state index in [4.69, 9.17) is 0 Å². The Balaban J connectivity index is 1.64. The molecular formula is C20H26N2O2S. The molecule has 1 fully saturated rings. The number of nitrogens with zero attached hydrogens (tertiary/aromatic N) is 2. The van der Waals surface area contributed by atoms with Gasteiger partial charge in [0.1, 0.15) is 0 Å². The minimum absolute atomic E-state index is 0.400. The van der Waals surface area contributed by atoms with E-state index < -0.39 is 10.0 Å². The summed E-state index contributed by atoms with van der Waals surface area (Å²) < 4.78 is 27.2. The third kappa shape index (κ3) is 4.11. The zero-order valence-corrected chi connectivity index (χ0v) is 15.8. The monoisotopic (exact) mass is 358 g/mol. The molecule has 1 saturated heterocycles. The normalized spacial score (nSPS) is 16.9. The summed E-state index contributed by atoms with van der Waals surface area (Å²) in [5.41, 5.74) is 3.75. The van der Waals surface area contributed by atoms with Crippen LogP contribution in [0.5, 0.6) is 0 Å². The molecule has 0 amide bonds. The van der Waals surface area contributed by atoms with Crippen molar-refractivity contribution < 1.29 is 8.42 Å². The molecule has 3 rings (SSSR count). The second kappa shape index (κ2) is 7.68. The summed E-state index contributed by atoms with van der Waals surface area (Å²) in [5, 5.41) is 0. The van der Waals surface area contributed by atoms with Crippen molar-refractivity contribution >= 4 is 10.0 Å². The lowest BCUT2D eigenvalue weighted by Crippen LogP contribution is -2.48. The van der Waals surface area contributed by atoms with Gasteiger partial charge in [-0.25, -0.2) is 8.42 Å². The Bertz CT molecular complexity index is 808. The molecule has 4 nitrogen and oxygen atoms in total. The largest absolute Gasteiger partial charge is 0.296 e. The Hall–Kier alpha value is -1.69. The highest BCUT2D eigenvalue weighted by Gasteiger charge is 2.28. The molecule has 1 heterocycles. The molecule has 0 spiro atoms. The summed E-state index contributed by atoms with van der Waals surface area (Å²) in [5.74, 6) is 0. The fourth-order valence-corrected chi connectivity index (χ4v) is 4.62. The molecule has 0 saturated carbocycles. The van der Waals surface area contributed by atoms with Crippen molar-refractivity contribution in [3.63, 3.8) is 0 Å². The molecule has 1 aliphatic rings. The molecule has 0 unspecified atom stereocenters. The highest BCUT2D eigenvalue weighted by Crippen LogP contribution is 2.20. The van der Waals surface area contributed by atoms with Crippen LogP contribution in [-0.4, -0.2) is 43.8 Å². The molecule has 0 atom stereocenters. The van der Waals surface area contributed by atoms with E-state index >= 15 is 0 Å². The maximum Gasteiger partial charge on any atom is 0.243 e. The van der Waals surface area contributed by atoms with Crippen LogP contribution in [0.4, 0.5) is 0 Å². The predicted molar refractivity (Wildman–Crippen MR) is 101 cm³/mol. The Morgan fingerprint density at radius 1 is 0.920 bits per heavy atom. The number of aryl methyl sites for hydroxylation is 2. The van der Waals surface area contributed by atoms with Gasteiger partial charge in [0, 0.05) is 32.7 Å². The number of sulfonamides is 1. The Morgan fingerprint density at radius 3 is 2.16 bits per heavy atom. The van der Waals surface area contributed by atoms with Gasteiger partial charge in [-0.15, -0.1) is 0 Å². The lowest BCUT2D eigenvalue weighted by Gasteiger charge is -2.34. The number of hydrogen-bond acceptors (Lipinski definition) is 3. The van der Waals surface area contributed by atoms with Gasteiger partial charge in [-0.3, -0.25) is 4.90 Å². The number of piperazine rings is 1. The maximum absolute atomic E-state index is 12.8. The van der Waals surface area contributed by atoms with Gasteiger partial charge < -0.3 is 0 Å². The van der Waals surface area contributed by atoms with Crippen LogP contribution in [0.1, 0.15) is 23.6 Å². The number of hydrogen-bond donors (Lipinski definition) is 0. The Morgan fingerprint density at radius 2 is 1.56 bits per heavy atom. The topological polar surface area (TPSA) is 40.6 Å². The van der Waals surface area contributed by atoms with Gasteiger partial charge in [0.2, 0.25) is 10.0 Å². The fraction of sp³-hybridized carbons (Fsp3) is 0.400. The molecular weight excluding hydrogens is 332 g/mol. The summed E-state index contributed by atoms with van der Waals surface area (Å²) in [7, 11) is -3.38. The maximum atomic E-state index is 12.8. The van der Waals surface area contributed by atoms with Crippen molar-refractivity contribution in [2.75, 3.05) is 26.2 Å². The van der Waals surface area contributed by atoms with Crippen LogP contribution < -0.4 is 0 Å². The lowest BCUT2D eigenvalue weighted by atomic mass is 10.1. The molecule has 0 aromatic heterocycles. The van der Waals surface area contributed by atoms with Crippen molar-refractivity contribution in [1.82, 2.24) is 9.21 Å². The van der Waals surface area contributed by atoms with E-state index in [-0.39, 0.29) is 0 Å². The van der Waals surface area contributed by atoms with E-state index in [1.165, 1.54) is 11.1 Å². The molecule has 0 radical (unpaired) electrons. The minimum Gasteiger partial charge on any atom is -0.296 e. The summed E-state index contributed by atoms with van der Waals surface area (Å²) in [6, 6.07) is 15.6. The predicted octanol–water partition coefficient (Wildman–Crippen LogP) is 3.06. The average molecular weight is 359 g/mol. The highest BCUT2D eigenvalue weighted by atomic mass is 32.2. The van der Waals surface area contributed by atoms with E-state index in [1.807, 2.05) is 18.2 Å². The molecule has 25 heavy (non-hydrogen) atoms. The third-order valence-corrected chi connectivity index (χ3v) is 6.87. The van der Waals surface area contributed by atoms with Crippen LogP contribution in [0, 0.1) is 6.92 Å². The van der Waals surface area contributed by atoms with Gasteiger partial charge >= 0.3 is 0 Å². The second-order valence-corrected chi connectivity index (χ2v) is 8.54. The molecule has 1 aliphatic heterocycles. The van der Waals surface area contributed by atoms with E-state index in [0.29, 0.717) is 18.0 Å². The van der Waals surface area contributed by atoms with E-state index in [1.54, 1.807) is 16.4 Å². The van der Waals surface area contributed by atoms with Crippen LogP contribution in [-0.2, 0) is 23.0 Å². The summed E-state index contributed by atoms with van der Waals surface area (Å²) in [4.78, 5) is 2.73. The molecule has 0 aliphatic carbocycles. The first-order valence-electron chi connectivity index (χ1n) is 8.86. The number of rotatable bonds is 5. The van der Waals surface area contributed by atoms with Crippen LogP contribution in [0.15, 0.2) is 53.4 Å². The molecule has 2 aromatic carbocycles. The first-order valence-corrected chi connectivity index (χ1v) is 10.3. The Labute approximate surface area is 151 Å². The zero-order chi connectivity index (χ0) is 17.9. The van der Waals surface area contributed by atoms with E-state index in [0.717, 1.165) is 31.6 Å². The third-order valence-electron chi connectivity index (χ3n) is 4.96. The van der Waals surface area contributed by atoms with Gasteiger partial charge in [-0.1, -0.05) is 43.3 Å². The summed E-state index contributed by atoms with van der Waals surface area (Å²) in [6.45, 7) is 7.69. The fourth-order valence-electron chi connectivity index (χ4n) is 3.20. The second-order valence-electron chi connectivity index (χ2n) is 6.60. The van der Waals surface area contributed by atoms with Gasteiger partial charge in [0.25, 0.3) is 0 Å². The van der Waals surface area contributed by atoms with E-state index in [2.05, 4.69) is 36.9 Å². The molecule has 5 heteroatoms. The first-order chi connectivity index (χ1) is 12.0. The average Bonchev–Trinajstić information content (AvgIpc) is 2.64. The first kappa shape index (κ1) is 18.1. The summed E-state index contributed by atoms with van der Waals surface area (Å²) >= 11 is 0. The van der Waals surface area contributed by atoms with E-state index in [9.17, 15) is 8.42 Å². The highest BCUT2D eigenvalue weighted by molar-refractivity contribution is 7.89. The Kier molecular flexibility index (Phi) is 5.57. The van der Waals surface area contributed by atoms with Gasteiger partial charge in [-0.05, 0) is 42.2 Å². The smallest absolute Gasteiger partial charge is 0.243 e. The molecule has 0 bridgehead atoms. The van der Waals surface area contributed by atoms with Crippen LogP contribution in [0.2, 0.25) is 0 Å². The van der Waals surface area contributed by atoms with Crippen molar-refractivity contribution in [2.24, 2.45) is 0 Å². The minimum atomic E-state index is -3.38. The van der Waals surface area contributed by atoms with Gasteiger partial charge in [0.15, 0.2) is 0 Å². The van der Waals surface area contributed by atoms with Crippen molar-refractivity contribution in [3.05, 3.63) is 65.2 Å². The van der Waals surface area contributed by atoms with Crippen LogP contribution in [0.3, 0.4) is 0 Å². The molecule has 2 aromatic rings. The van der Waals surface area contributed by atoms with Gasteiger partial charge in [0.05, 0.1) is 4.90 Å². The summed E-state index contributed by atoms with van der Waals surface area (Å²) in [6.07, 6.45) is 0.915. The van der Waals surface area contributed by atoms with Crippen molar-refractivity contribution in [3.8, 4) is 0 Å². The van der Waals surface area contributed by atoms with Gasteiger partial charge in [-0.2, -0.15) is 4.31 Å². The van der Waals surface area contributed by atoms with Crippen molar-refractivity contribution in [1.29, 1.82) is 0 Å². The molecule has 0 N–H and O–H groups in total. The lowest BCUT2D eigenvalue weighted by molar-refractivity contribution is 0.181. The van der Waals surface area contributed by atoms with Crippen LogP contribution >= 0.6 is 0 Å². The standard InChI is InChI=1S/C20H26N2O2S/c1-3-18-8-10-20(11-9-18)25(23,24)22-14-12-21(13-15-22)16-19-7-5-4-6-17(19)2/h4-11H,3,12-16H2,1-2H3. The van der Waals surface area contributed by atoms with Crippen LogP contribution in [0.25, 0.3) is 0 Å². The van der Waals surface area contributed by atoms with Crippen molar-refractivity contribution in [2.45, 2.75) is 31.7 Å². The zero-order valence-electron chi connectivity index (χ0n) is 15.0. The molecule has 134 valence electrons.